The van der Waals surface area contributed by atoms with Gasteiger partial charge in [-0.2, -0.15) is 0 Å². The normalized spacial score (nSPS) is 8.00. The number of primary amides is 1. The summed E-state index contributed by atoms with van der Waals surface area (Å²) >= 11 is 0. The molecule has 13 heavy (non-hydrogen) atoms. The van der Waals surface area contributed by atoms with Crippen LogP contribution in [0.15, 0.2) is 30.3 Å². The molecule has 2 N–H and O–H groups in total. The molecule has 0 saturated heterocycles. The van der Waals surface area contributed by atoms with E-state index in [-0.39, 0.29) is 46.0 Å². The molecule has 1 aromatic rings. The molecule has 0 fully saturated rings. The Labute approximate surface area is 105 Å². The Morgan fingerprint density at radius 3 is 2.23 bits per heavy atom. The van der Waals surface area contributed by atoms with Crippen LogP contribution in [0.3, 0.4) is 0 Å². The van der Waals surface area contributed by atoms with E-state index in [2.05, 4.69) is 0 Å². The van der Waals surface area contributed by atoms with Crippen molar-refractivity contribution in [2.45, 2.75) is 12.8 Å². The number of hydrogen-bond acceptors (Lipinski definition) is 1. The van der Waals surface area contributed by atoms with Gasteiger partial charge in [-0.25, -0.2) is 0 Å². The van der Waals surface area contributed by atoms with Crippen molar-refractivity contribution in [3.05, 3.63) is 43.3 Å². The SMILES string of the molecule is NC(=O)CCc1ccccc1.[CH3-].[Y]. The first-order chi connectivity index (χ1) is 5.29. The Bertz CT molecular complexity index is 236. The second kappa shape index (κ2) is 8.39. The van der Waals surface area contributed by atoms with E-state index in [1.54, 1.807) is 0 Å². The number of benzene rings is 1. The van der Waals surface area contributed by atoms with Gasteiger partial charge in [-0.3, -0.25) is 4.79 Å². The summed E-state index contributed by atoms with van der Waals surface area (Å²) < 4.78 is 0. The third kappa shape index (κ3) is 6.91. The summed E-state index contributed by atoms with van der Waals surface area (Å²) in [4.78, 5) is 10.4. The molecule has 0 aliphatic rings. The van der Waals surface area contributed by atoms with Gasteiger partial charge in [0.1, 0.15) is 0 Å². The Balaban J connectivity index is 0. The van der Waals surface area contributed by atoms with Crippen LogP contribution in [0.5, 0.6) is 0 Å². The zero-order valence-corrected chi connectivity index (χ0v) is 10.7. The van der Waals surface area contributed by atoms with E-state index in [4.69, 9.17) is 5.73 Å². The van der Waals surface area contributed by atoms with Crippen LogP contribution in [-0.4, -0.2) is 5.91 Å². The Morgan fingerprint density at radius 1 is 1.23 bits per heavy atom. The largest absolute Gasteiger partial charge is 0.370 e. The first kappa shape index (κ1) is 15.3. The molecule has 3 heteroatoms. The molecular weight excluding hydrogens is 239 g/mol. The molecule has 1 rings (SSSR count). The van der Waals surface area contributed by atoms with Crippen molar-refractivity contribution < 1.29 is 37.5 Å². The van der Waals surface area contributed by atoms with Gasteiger partial charge < -0.3 is 13.2 Å². The zero-order chi connectivity index (χ0) is 8.10. The van der Waals surface area contributed by atoms with Gasteiger partial charge in [-0.1, -0.05) is 30.3 Å². The molecule has 0 atom stereocenters. The second-order valence-corrected chi connectivity index (χ2v) is 2.45. The maximum atomic E-state index is 10.4. The van der Waals surface area contributed by atoms with Crippen molar-refractivity contribution in [2.75, 3.05) is 0 Å². The number of carbonyl (C=O) groups is 1. The molecule has 0 unspecified atom stereocenters. The van der Waals surface area contributed by atoms with Gasteiger partial charge in [-0.05, 0) is 12.0 Å². The van der Waals surface area contributed by atoms with E-state index in [1.807, 2.05) is 30.3 Å². The average molecular weight is 253 g/mol. The smallest absolute Gasteiger partial charge is 0.217 e. The number of hydrogen-bond donors (Lipinski definition) is 1. The fourth-order valence-electron chi connectivity index (χ4n) is 0.912. The van der Waals surface area contributed by atoms with Crippen molar-refractivity contribution in [3.8, 4) is 0 Å². The van der Waals surface area contributed by atoms with Crippen LogP contribution < -0.4 is 5.73 Å². The summed E-state index contributed by atoms with van der Waals surface area (Å²) in [6.07, 6.45) is 1.18. The van der Waals surface area contributed by atoms with E-state index in [0.717, 1.165) is 12.0 Å². The van der Waals surface area contributed by atoms with Crippen molar-refractivity contribution in [2.24, 2.45) is 5.73 Å². The quantitative estimate of drug-likeness (QED) is 0.816. The van der Waals surface area contributed by atoms with Gasteiger partial charge in [0.15, 0.2) is 0 Å². The molecule has 69 valence electrons. The van der Waals surface area contributed by atoms with Gasteiger partial charge in [-0.15, -0.1) is 0 Å². The fraction of sp³-hybridized carbons (Fsp3) is 0.200. The van der Waals surface area contributed by atoms with Crippen LogP contribution >= 0.6 is 0 Å². The molecule has 0 aromatic heterocycles. The molecule has 0 heterocycles. The summed E-state index contributed by atoms with van der Waals surface area (Å²) in [7, 11) is 0. The third-order valence-corrected chi connectivity index (χ3v) is 1.50. The predicted molar refractivity (Wildman–Crippen MR) is 50.4 cm³/mol. The van der Waals surface area contributed by atoms with Crippen molar-refractivity contribution >= 4 is 5.91 Å². The van der Waals surface area contributed by atoms with Crippen LogP contribution in [0.2, 0.25) is 0 Å². The van der Waals surface area contributed by atoms with Crippen LogP contribution in [-0.2, 0) is 43.9 Å². The van der Waals surface area contributed by atoms with Crippen molar-refractivity contribution in [1.82, 2.24) is 0 Å². The minimum absolute atomic E-state index is 0. The Hall–Kier alpha value is -0.206. The van der Waals surface area contributed by atoms with Gasteiger partial charge in [0.2, 0.25) is 5.91 Å². The predicted octanol–water partition coefficient (Wildman–Crippen LogP) is 1.55. The third-order valence-electron chi connectivity index (χ3n) is 1.50. The minimum Gasteiger partial charge on any atom is -0.370 e. The molecule has 1 radical (unpaired) electrons. The van der Waals surface area contributed by atoms with Crippen molar-refractivity contribution in [1.29, 1.82) is 0 Å². The van der Waals surface area contributed by atoms with E-state index in [1.165, 1.54) is 0 Å². The number of carbonyl (C=O) groups excluding carboxylic acids is 1. The maximum Gasteiger partial charge on any atom is 0.217 e. The topological polar surface area (TPSA) is 43.1 Å². The van der Waals surface area contributed by atoms with Crippen LogP contribution in [0.1, 0.15) is 12.0 Å². The van der Waals surface area contributed by atoms with Gasteiger partial charge >= 0.3 is 0 Å². The molecule has 0 aliphatic carbocycles. The standard InChI is InChI=1S/C9H11NO.CH3.Y/c10-9(11)7-6-8-4-2-1-3-5-8;;/h1-5H,6-7H2,(H2,10,11);1H3;/q;-1;. The summed E-state index contributed by atoms with van der Waals surface area (Å²) in [6.45, 7) is 0. The number of aryl methyl sites for hydroxylation is 1. The minimum atomic E-state index is -0.242. The monoisotopic (exact) mass is 253 g/mol. The van der Waals surface area contributed by atoms with E-state index in [9.17, 15) is 4.79 Å². The number of nitrogens with two attached hydrogens (primary N) is 1. The number of amides is 1. The molecule has 0 bridgehead atoms. The summed E-state index contributed by atoms with van der Waals surface area (Å²) in [5, 5.41) is 0. The van der Waals surface area contributed by atoms with E-state index < -0.39 is 0 Å². The molecule has 0 saturated carbocycles. The van der Waals surface area contributed by atoms with Gasteiger partial charge in [0.05, 0.1) is 0 Å². The Morgan fingerprint density at radius 2 is 1.77 bits per heavy atom. The van der Waals surface area contributed by atoms with Gasteiger partial charge in [0.25, 0.3) is 0 Å². The summed E-state index contributed by atoms with van der Waals surface area (Å²) in [6, 6.07) is 9.84. The van der Waals surface area contributed by atoms with Crippen molar-refractivity contribution in [3.63, 3.8) is 0 Å². The zero-order valence-electron chi connectivity index (χ0n) is 7.86. The fourth-order valence-corrected chi connectivity index (χ4v) is 0.912. The second-order valence-electron chi connectivity index (χ2n) is 2.45. The van der Waals surface area contributed by atoms with Crippen LogP contribution in [0.4, 0.5) is 0 Å². The first-order valence-electron chi connectivity index (χ1n) is 3.61. The average Bonchev–Trinajstić information content (AvgIpc) is 2.03. The summed E-state index contributed by atoms with van der Waals surface area (Å²) in [5.74, 6) is -0.242. The Kier molecular flexibility index (Phi) is 9.86. The molecule has 2 nitrogen and oxygen atoms in total. The van der Waals surface area contributed by atoms with Crippen LogP contribution in [0.25, 0.3) is 0 Å². The van der Waals surface area contributed by atoms with Gasteiger partial charge in [0, 0.05) is 39.1 Å². The summed E-state index contributed by atoms with van der Waals surface area (Å²) in [5.41, 5.74) is 6.16. The molecular formula is C10H14NOY-. The van der Waals surface area contributed by atoms with Crippen LogP contribution in [0, 0.1) is 7.43 Å². The maximum absolute atomic E-state index is 10.4. The van der Waals surface area contributed by atoms with E-state index in [0.29, 0.717) is 6.42 Å². The molecule has 0 spiro atoms. The molecule has 1 amide bonds. The number of rotatable bonds is 3. The molecule has 0 aliphatic heterocycles. The van der Waals surface area contributed by atoms with E-state index >= 15 is 0 Å². The molecule has 1 aromatic carbocycles. The first-order valence-corrected chi connectivity index (χ1v) is 3.61.